The van der Waals surface area contributed by atoms with Crippen LogP contribution in [0.2, 0.25) is 0 Å². The molecule has 1 fully saturated rings. The Balaban J connectivity index is 1.61. The maximum absolute atomic E-state index is 12.6. The largest absolute Gasteiger partial charge is 0.348 e. The number of imidazole rings is 2. The predicted octanol–water partition coefficient (Wildman–Crippen LogP) is 3.02. The molecule has 0 atom stereocenters. The number of para-hydroxylation sites is 2. The van der Waals surface area contributed by atoms with Crippen molar-refractivity contribution in [2.45, 2.75) is 38.1 Å². The quantitative estimate of drug-likeness (QED) is 0.695. The molecule has 0 saturated heterocycles. The first-order chi connectivity index (χ1) is 11.3. The first kappa shape index (κ1) is 14.0. The Bertz CT molecular complexity index is 795. The fourth-order valence-corrected chi connectivity index (χ4v) is 3.22. The summed E-state index contributed by atoms with van der Waals surface area (Å²) in [6, 6.07) is 8.05. The number of hydrogen-bond acceptors (Lipinski definition) is 3. The van der Waals surface area contributed by atoms with E-state index in [2.05, 4.69) is 25.3 Å². The number of H-pyrrole nitrogens is 2. The Morgan fingerprint density at radius 3 is 2.83 bits per heavy atom. The van der Waals surface area contributed by atoms with Crippen molar-refractivity contribution in [2.75, 3.05) is 0 Å². The Hall–Kier alpha value is -2.63. The molecule has 0 bridgehead atoms. The van der Waals surface area contributed by atoms with Crippen LogP contribution in [-0.2, 0) is 0 Å². The standard InChI is InChI=1S/C17H19N5O/c23-17(20-11-6-2-1-3-7-11)15-14(18-10-19-15)16-21-12-8-4-5-9-13(12)22-16/h4-5,8-11H,1-3,6-7H2,(H,18,19)(H,20,23)(H,21,22). The molecule has 2 aromatic heterocycles. The van der Waals surface area contributed by atoms with Crippen LogP contribution in [0.25, 0.3) is 22.6 Å². The van der Waals surface area contributed by atoms with Gasteiger partial charge in [0.2, 0.25) is 0 Å². The minimum atomic E-state index is -0.107. The predicted molar refractivity (Wildman–Crippen MR) is 88.0 cm³/mol. The van der Waals surface area contributed by atoms with Crippen molar-refractivity contribution < 1.29 is 4.79 Å². The molecule has 118 valence electrons. The maximum atomic E-state index is 12.6. The Morgan fingerprint density at radius 2 is 2.00 bits per heavy atom. The van der Waals surface area contributed by atoms with E-state index in [1.54, 1.807) is 0 Å². The lowest BCUT2D eigenvalue weighted by molar-refractivity contribution is 0.0924. The summed E-state index contributed by atoms with van der Waals surface area (Å²) >= 11 is 0. The van der Waals surface area contributed by atoms with Gasteiger partial charge in [0.1, 0.15) is 11.4 Å². The van der Waals surface area contributed by atoms with E-state index in [-0.39, 0.29) is 11.9 Å². The third-order valence-corrected chi connectivity index (χ3v) is 4.42. The number of benzene rings is 1. The molecule has 4 rings (SSSR count). The van der Waals surface area contributed by atoms with Crippen molar-refractivity contribution in [2.24, 2.45) is 0 Å². The Labute approximate surface area is 133 Å². The lowest BCUT2D eigenvalue weighted by atomic mass is 9.95. The highest BCUT2D eigenvalue weighted by Crippen LogP contribution is 2.22. The van der Waals surface area contributed by atoms with Crippen LogP contribution < -0.4 is 5.32 Å². The number of fused-ring (bicyclic) bond motifs is 1. The van der Waals surface area contributed by atoms with Crippen molar-refractivity contribution in [3.63, 3.8) is 0 Å². The first-order valence-electron chi connectivity index (χ1n) is 8.10. The molecule has 3 aromatic rings. The molecular formula is C17H19N5O. The lowest BCUT2D eigenvalue weighted by Crippen LogP contribution is -2.36. The number of aromatic nitrogens is 4. The molecule has 0 radical (unpaired) electrons. The van der Waals surface area contributed by atoms with Gasteiger partial charge in [0.15, 0.2) is 5.82 Å². The van der Waals surface area contributed by atoms with Gasteiger partial charge in [-0.3, -0.25) is 4.79 Å². The van der Waals surface area contributed by atoms with Gasteiger partial charge in [-0.25, -0.2) is 9.97 Å². The number of nitrogens with zero attached hydrogens (tertiary/aromatic N) is 2. The summed E-state index contributed by atoms with van der Waals surface area (Å²) in [6.45, 7) is 0. The number of carbonyl (C=O) groups excluding carboxylic acids is 1. The number of rotatable bonds is 3. The summed E-state index contributed by atoms with van der Waals surface area (Å²) in [5.74, 6) is 0.506. The molecule has 6 nitrogen and oxygen atoms in total. The lowest BCUT2D eigenvalue weighted by Gasteiger charge is -2.22. The topological polar surface area (TPSA) is 86.5 Å². The molecule has 1 aliphatic rings. The zero-order valence-electron chi connectivity index (χ0n) is 12.8. The van der Waals surface area contributed by atoms with Crippen LogP contribution in [0.15, 0.2) is 30.6 Å². The van der Waals surface area contributed by atoms with E-state index in [9.17, 15) is 4.79 Å². The van der Waals surface area contributed by atoms with Gasteiger partial charge in [0.05, 0.1) is 17.4 Å². The van der Waals surface area contributed by atoms with Crippen LogP contribution in [-0.4, -0.2) is 31.9 Å². The van der Waals surface area contributed by atoms with E-state index in [4.69, 9.17) is 0 Å². The highest BCUT2D eigenvalue weighted by molar-refractivity contribution is 5.98. The SMILES string of the molecule is O=C(NC1CCCCC1)c1[nH]cnc1-c1nc2ccccc2[nH]1. The molecular weight excluding hydrogens is 290 g/mol. The minimum absolute atomic E-state index is 0.107. The number of carbonyl (C=O) groups is 1. The summed E-state index contributed by atoms with van der Waals surface area (Å²) in [5.41, 5.74) is 2.83. The molecule has 0 aliphatic heterocycles. The van der Waals surface area contributed by atoms with E-state index in [0.29, 0.717) is 17.2 Å². The summed E-state index contributed by atoms with van der Waals surface area (Å²) in [6.07, 6.45) is 7.29. The molecule has 6 heteroatoms. The second-order valence-electron chi connectivity index (χ2n) is 6.04. The van der Waals surface area contributed by atoms with Gasteiger partial charge < -0.3 is 15.3 Å². The van der Waals surface area contributed by atoms with Crippen LogP contribution in [0, 0.1) is 0 Å². The second-order valence-corrected chi connectivity index (χ2v) is 6.04. The summed E-state index contributed by atoms with van der Waals surface area (Å²) in [5, 5.41) is 3.11. The summed E-state index contributed by atoms with van der Waals surface area (Å²) in [4.78, 5) is 27.6. The minimum Gasteiger partial charge on any atom is -0.348 e. The van der Waals surface area contributed by atoms with E-state index in [1.807, 2.05) is 24.3 Å². The normalized spacial score (nSPS) is 15.8. The van der Waals surface area contributed by atoms with Gasteiger partial charge in [-0.05, 0) is 25.0 Å². The Morgan fingerprint density at radius 1 is 1.17 bits per heavy atom. The molecule has 1 aromatic carbocycles. The smallest absolute Gasteiger partial charge is 0.270 e. The fourth-order valence-electron chi connectivity index (χ4n) is 3.22. The molecule has 23 heavy (non-hydrogen) atoms. The molecule has 0 unspecified atom stereocenters. The van der Waals surface area contributed by atoms with E-state index < -0.39 is 0 Å². The number of hydrogen-bond donors (Lipinski definition) is 3. The number of nitrogens with one attached hydrogen (secondary N) is 3. The van der Waals surface area contributed by atoms with Crippen LogP contribution in [0.3, 0.4) is 0 Å². The Kier molecular flexibility index (Phi) is 3.57. The average Bonchev–Trinajstić information content (AvgIpc) is 3.22. The molecule has 1 amide bonds. The summed E-state index contributed by atoms with van der Waals surface area (Å²) in [7, 11) is 0. The van der Waals surface area contributed by atoms with Crippen molar-refractivity contribution in [1.82, 2.24) is 25.3 Å². The van der Waals surface area contributed by atoms with E-state index in [0.717, 1.165) is 23.9 Å². The van der Waals surface area contributed by atoms with Crippen LogP contribution in [0.5, 0.6) is 0 Å². The third-order valence-electron chi connectivity index (χ3n) is 4.42. The van der Waals surface area contributed by atoms with Crippen molar-refractivity contribution >= 4 is 16.9 Å². The number of aromatic amines is 2. The molecule has 3 N–H and O–H groups in total. The van der Waals surface area contributed by atoms with Gasteiger partial charge in [0.25, 0.3) is 5.91 Å². The van der Waals surface area contributed by atoms with Crippen LogP contribution >= 0.6 is 0 Å². The molecule has 1 saturated carbocycles. The molecule has 2 heterocycles. The number of amides is 1. The van der Waals surface area contributed by atoms with E-state index >= 15 is 0 Å². The van der Waals surface area contributed by atoms with Gasteiger partial charge in [-0.15, -0.1) is 0 Å². The molecule has 0 spiro atoms. The van der Waals surface area contributed by atoms with Crippen molar-refractivity contribution in [1.29, 1.82) is 0 Å². The monoisotopic (exact) mass is 309 g/mol. The zero-order valence-corrected chi connectivity index (χ0v) is 12.8. The fraction of sp³-hybridized carbons (Fsp3) is 0.353. The third kappa shape index (κ3) is 2.72. The second kappa shape index (κ2) is 5.87. The highest BCUT2D eigenvalue weighted by atomic mass is 16.2. The first-order valence-corrected chi connectivity index (χ1v) is 8.10. The van der Waals surface area contributed by atoms with Crippen LogP contribution in [0.1, 0.15) is 42.6 Å². The average molecular weight is 309 g/mol. The van der Waals surface area contributed by atoms with Crippen molar-refractivity contribution in [3.05, 3.63) is 36.3 Å². The van der Waals surface area contributed by atoms with Gasteiger partial charge >= 0.3 is 0 Å². The highest BCUT2D eigenvalue weighted by Gasteiger charge is 2.22. The van der Waals surface area contributed by atoms with Gasteiger partial charge in [-0.1, -0.05) is 31.4 Å². The zero-order chi connectivity index (χ0) is 15.6. The maximum Gasteiger partial charge on any atom is 0.270 e. The van der Waals surface area contributed by atoms with E-state index in [1.165, 1.54) is 25.6 Å². The molecule has 1 aliphatic carbocycles. The van der Waals surface area contributed by atoms with Gasteiger partial charge in [-0.2, -0.15) is 0 Å². The van der Waals surface area contributed by atoms with Crippen molar-refractivity contribution in [3.8, 4) is 11.5 Å². The summed E-state index contributed by atoms with van der Waals surface area (Å²) < 4.78 is 0. The van der Waals surface area contributed by atoms with Gasteiger partial charge in [0, 0.05) is 6.04 Å². The van der Waals surface area contributed by atoms with Crippen LogP contribution in [0.4, 0.5) is 0 Å².